The van der Waals surface area contributed by atoms with Crippen LogP contribution in [-0.2, 0) is 0 Å². The number of carbonyl (C=O) groups excluding carboxylic acids is 1. The maximum Gasteiger partial charge on any atom is 0.271 e. The minimum atomic E-state index is -0.235. The summed E-state index contributed by atoms with van der Waals surface area (Å²) in [6.45, 7) is 0. The molecule has 0 bridgehead atoms. The first-order chi connectivity index (χ1) is 11.8. The Kier molecular flexibility index (Phi) is 4.72. The molecule has 0 aliphatic heterocycles. The molecule has 5 nitrogen and oxygen atoms in total. The first kappa shape index (κ1) is 15.6. The van der Waals surface area contributed by atoms with E-state index in [1.54, 1.807) is 25.5 Å². The van der Waals surface area contributed by atoms with Gasteiger partial charge in [0.25, 0.3) is 5.91 Å². The van der Waals surface area contributed by atoms with Crippen LogP contribution in [0.15, 0.2) is 78.2 Å². The summed E-state index contributed by atoms with van der Waals surface area (Å²) in [7, 11) is 1.64. The number of ether oxygens (including phenoxy) is 1. The SMILES string of the molecule is COc1ccc(-n2ccc(/C=N\NC(=O)c3ccccc3)c2)cc1. The molecule has 1 heterocycles. The molecule has 1 amide bonds. The minimum absolute atomic E-state index is 0.235. The Bertz CT molecular complexity index is 837. The van der Waals surface area contributed by atoms with E-state index in [-0.39, 0.29) is 5.91 Å². The van der Waals surface area contributed by atoms with Gasteiger partial charge in [-0.3, -0.25) is 4.79 Å². The van der Waals surface area contributed by atoms with Crippen molar-refractivity contribution in [3.63, 3.8) is 0 Å². The van der Waals surface area contributed by atoms with Gasteiger partial charge in [-0.2, -0.15) is 5.10 Å². The van der Waals surface area contributed by atoms with E-state index >= 15 is 0 Å². The molecule has 0 aliphatic carbocycles. The van der Waals surface area contributed by atoms with Crippen LogP contribution >= 0.6 is 0 Å². The quantitative estimate of drug-likeness (QED) is 0.580. The lowest BCUT2D eigenvalue weighted by atomic mass is 10.2. The molecular formula is C19H17N3O2. The predicted molar refractivity (Wildman–Crippen MR) is 93.8 cm³/mol. The maximum atomic E-state index is 11.9. The van der Waals surface area contributed by atoms with Crippen molar-refractivity contribution in [3.8, 4) is 11.4 Å². The van der Waals surface area contributed by atoms with Crippen molar-refractivity contribution in [2.75, 3.05) is 7.11 Å². The Hall–Kier alpha value is -3.34. The molecule has 3 rings (SSSR count). The van der Waals surface area contributed by atoms with Gasteiger partial charge in [-0.15, -0.1) is 0 Å². The lowest BCUT2D eigenvalue weighted by Crippen LogP contribution is -2.17. The summed E-state index contributed by atoms with van der Waals surface area (Å²) in [6, 6.07) is 18.6. The standard InChI is InChI=1S/C19H17N3O2/c1-24-18-9-7-17(8-10-18)22-12-11-15(14-22)13-20-21-19(23)16-5-3-2-4-6-16/h2-14H,1H3,(H,21,23)/b20-13-. The Morgan fingerprint density at radius 3 is 2.54 bits per heavy atom. The van der Waals surface area contributed by atoms with Gasteiger partial charge in [0, 0.05) is 29.2 Å². The molecule has 1 aromatic heterocycles. The van der Waals surface area contributed by atoms with E-state index in [0.717, 1.165) is 17.0 Å². The second-order valence-electron chi connectivity index (χ2n) is 5.12. The average Bonchev–Trinajstić information content (AvgIpc) is 3.11. The molecule has 24 heavy (non-hydrogen) atoms. The topological polar surface area (TPSA) is 55.6 Å². The predicted octanol–water partition coefficient (Wildman–Crippen LogP) is 3.25. The van der Waals surface area contributed by atoms with Gasteiger partial charge in [-0.05, 0) is 42.5 Å². The average molecular weight is 319 g/mol. The van der Waals surface area contributed by atoms with Crippen LogP contribution in [0.3, 0.4) is 0 Å². The van der Waals surface area contributed by atoms with Gasteiger partial charge >= 0.3 is 0 Å². The summed E-state index contributed by atoms with van der Waals surface area (Å²) in [5.74, 6) is 0.581. The van der Waals surface area contributed by atoms with Gasteiger partial charge < -0.3 is 9.30 Å². The number of nitrogens with zero attached hydrogens (tertiary/aromatic N) is 2. The van der Waals surface area contributed by atoms with Crippen molar-refractivity contribution in [3.05, 3.63) is 84.2 Å². The van der Waals surface area contributed by atoms with Crippen LogP contribution in [-0.4, -0.2) is 23.8 Å². The van der Waals surface area contributed by atoms with Crippen molar-refractivity contribution in [2.24, 2.45) is 5.10 Å². The zero-order chi connectivity index (χ0) is 16.8. The highest BCUT2D eigenvalue weighted by atomic mass is 16.5. The second kappa shape index (κ2) is 7.28. The summed E-state index contributed by atoms with van der Waals surface area (Å²) < 4.78 is 7.12. The van der Waals surface area contributed by atoms with Gasteiger partial charge in [0.2, 0.25) is 0 Å². The summed E-state index contributed by atoms with van der Waals surface area (Å²) >= 11 is 0. The van der Waals surface area contributed by atoms with Gasteiger partial charge in [-0.1, -0.05) is 18.2 Å². The van der Waals surface area contributed by atoms with E-state index in [9.17, 15) is 4.79 Å². The normalized spacial score (nSPS) is 10.7. The third kappa shape index (κ3) is 3.70. The van der Waals surface area contributed by atoms with Crippen LogP contribution in [0.5, 0.6) is 5.75 Å². The molecule has 120 valence electrons. The van der Waals surface area contributed by atoms with Crippen molar-refractivity contribution in [2.45, 2.75) is 0 Å². The molecule has 0 aliphatic rings. The molecule has 0 saturated heterocycles. The summed E-state index contributed by atoms with van der Waals surface area (Å²) in [4.78, 5) is 11.9. The molecule has 5 heteroatoms. The fourth-order valence-corrected chi connectivity index (χ4v) is 2.22. The number of carbonyl (C=O) groups is 1. The fraction of sp³-hybridized carbons (Fsp3) is 0.0526. The summed E-state index contributed by atoms with van der Waals surface area (Å²) in [5, 5.41) is 3.99. The highest BCUT2D eigenvalue weighted by Crippen LogP contribution is 2.15. The molecule has 0 radical (unpaired) electrons. The number of amides is 1. The van der Waals surface area contributed by atoms with Gasteiger partial charge in [0.1, 0.15) is 5.75 Å². The van der Waals surface area contributed by atoms with Crippen LogP contribution in [0.4, 0.5) is 0 Å². The number of methoxy groups -OCH3 is 1. The van der Waals surface area contributed by atoms with Crippen molar-refractivity contribution < 1.29 is 9.53 Å². The van der Waals surface area contributed by atoms with Gasteiger partial charge in [0.15, 0.2) is 0 Å². The molecule has 0 atom stereocenters. The fourth-order valence-electron chi connectivity index (χ4n) is 2.22. The lowest BCUT2D eigenvalue weighted by molar-refractivity contribution is 0.0955. The molecule has 0 fully saturated rings. The van der Waals surface area contributed by atoms with Crippen molar-refractivity contribution in [1.82, 2.24) is 9.99 Å². The van der Waals surface area contributed by atoms with E-state index in [2.05, 4.69) is 10.5 Å². The van der Waals surface area contributed by atoms with Crippen LogP contribution in [0, 0.1) is 0 Å². The molecule has 0 saturated carbocycles. The van der Waals surface area contributed by atoms with E-state index in [0.29, 0.717) is 5.56 Å². The Labute approximate surface area is 140 Å². The molecular weight excluding hydrogens is 302 g/mol. The van der Waals surface area contributed by atoms with E-state index in [4.69, 9.17) is 4.74 Å². The number of benzene rings is 2. The zero-order valence-electron chi connectivity index (χ0n) is 13.2. The number of hydrogen-bond acceptors (Lipinski definition) is 3. The number of hydrogen-bond donors (Lipinski definition) is 1. The molecule has 0 unspecified atom stereocenters. The Morgan fingerprint density at radius 1 is 1.08 bits per heavy atom. The molecule has 2 aromatic carbocycles. The Morgan fingerprint density at radius 2 is 1.83 bits per heavy atom. The third-order valence-electron chi connectivity index (χ3n) is 3.50. The number of nitrogens with one attached hydrogen (secondary N) is 1. The number of rotatable bonds is 5. The molecule has 1 N–H and O–H groups in total. The molecule has 3 aromatic rings. The van der Waals surface area contributed by atoms with Crippen molar-refractivity contribution >= 4 is 12.1 Å². The first-order valence-corrected chi connectivity index (χ1v) is 7.47. The number of aromatic nitrogens is 1. The van der Waals surface area contributed by atoms with Gasteiger partial charge in [-0.25, -0.2) is 5.43 Å². The largest absolute Gasteiger partial charge is 0.497 e. The van der Waals surface area contributed by atoms with Crippen molar-refractivity contribution in [1.29, 1.82) is 0 Å². The Balaban J connectivity index is 1.64. The molecule has 0 spiro atoms. The van der Waals surface area contributed by atoms with Gasteiger partial charge in [0.05, 0.1) is 13.3 Å². The summed E-state index contributed by atoms with van der Waals surface area (Å²) in [5.41, 5.74) is 5.00. The minimum Gasteiger partial charge on any atom is -0.497 e. The van der Waals surface area contributed by atoms with Crippen LogP contribution in [0.25, 0.3) is 5.69 Å². The maximum absolute atomic E-state index is 11.9. The number of hydrazone groups is 1. The highest BCUT2D eigenvalue weighted by molar-refractivity contribution is 5.94. The van der Waals surface area contributed by atoms with E-state index in [1.807, 2.05) is 65.5 Å². The van der Waals surface area contributed by atoms with Crippen LogP contribution in [0.2, 0.25) is 0 Å². The third-order valence-corrected chi connectivity index (χ3v) is 3.50. The summed E-state index contributed by atoms with van der Waals surface area (Å²) in [6.07, 6.45) is 5.48. The lowest BCUT2D eigenvalue weighted by Gasteiger charge is -2.04. The second-order valence-corrected chi connectivity index (χ2v) is 5.12. The van der Waals surface area contributed by atoms with Crippen LogP contribution in [0.1, 0.15) is 15.9 Å². The first-order valence-electron chi connectivity index (χ1n) is 7.47. The van der Waals surface area contributed by atoms with E-state index in [1.165, 1.54) is 0 Å². The smallest absolute Gasteiger partial charge is 0.271 e. The highest BCUT2D eigenvalue weighted by Gasteiger charge is 2.02. The monoisotopic (exact) mass is 319 g/mol. The van der Waals surface area contributed by atoms with Crippen LogP contribution < -0.4 is 10.2 Å². The zero-order valence-corrected chi connectivity index (χ0v) is 13.2. The van der Waals surface area contributed by atoms with E-state index < -0.39 is 0 Å².